The van der Waals surface area contributed by atoms with Crippen LogP contribution in [0.25, 0.3) is 0 Å². The number of carbonyl (C=O) groups is 2. The maximum absolute atomic E-state index is 12.1. The molecule has 0 atom stereocenters. The van der Waals surface area contributed by atoms with Gasteiger partial charge in [-0.25, -0.2) is 0 Å². The first kappa shape index (κ1) is 18.5. The fourth-order valence-corrected chi connectivity index (χ4v) is 2.05. The van der Waals surface area contributed by atoms with Crippen molar-refractivity contribution in [3.8, 4) is 0 Å². The van der Waals surface area contributed by atoms with Crippen LogP contribution in [-0.4, -0.2) is 18.4 Å². The van der Waals surface area contributed by atoms with Gasteiger partial charge in [0, 0.05) is 22.5 Å². The molecule has 2 aromatic rings. The van der Waals surface area contributed by atoms with E-state index in [1.165, 1.54) is 5.56 Å². The van der Waals surface area contributed by atoms with Gasteiger partial charge in [-0.1, -0.05) is 44.5 Å². The third-order valence-electron chi connectivity index (χ3n) is 3.59. The number of rotatable bonds is 5. The molecule has 2 rings (SSSR count). The summed E-state index contributed by atoms with van der Waals surface area (Å²) in [6, 6.07) is 15.0. The van der Waals surface area contributed by atoms with E-state index in [0.717, 1.165) is 5.69 Å². The number of amides is 2. The van der Waals surface area contributed by atoms with Gasteiger partial charge in [0.25, 0.3) is 0 Å². The van der Waals surface area contributed by atoms with Gasteiger partial charge in [0.05, 0.1) is 6.54 Å². The monoisotopic (exact) mass is 339 g/mol. The Bertz CT molecular complexity index is 746. The van der Waals surface area contributed by atoms with Crippen LogP contribution in [0.2, 0.25) is 0 Å². The number of carbonyl (C=O) groups excluding carboxylic acids is 2. The molecule has 2 aromatic carbocycles. The third kappa shape index (κ3) is 5.95. The average Bonchev–Trinajstić information content (AvgIpc) is 2.54. The number of hydrogen-bond acceptors (Lipinski definition) is 3. The molecule has 2 amide bonds. The molecule has 0 heterocycles. The summed E-state index contributed by atoms with van der Waals surface area (Å²) in [6.45, 7) is 7.74. The van der Waals surface area contributed by atoms with Crippen molar-refractivity contribution in [3.63, 3.8) is 0 Å². The van der Waals surface area contributed by atoms with Crippen LogP contribution < -0.4 is 16.0 Å². The van der Waals surface area contributed by atoms with Gasteiger partial charge in [-0.2, -0.15) is 0 Å². The predicted octanol–water partition coefficient (Wildman–Crippen LogP) is 4.03. The van der Waals surface area contributed by atoms with Crippen LogP contribution in [0.3, 0.4) is 0 Å². The molecule has 25 heavy (non-hydrogen) atoms. The van der Waals surface area contributed by atoms with Gasteiger partial charge >= 0.3 is 0 Å². The second-order valence-electron chi connectivity index (χ2n) is 7.05. The zero-order valence-electron chi connectivity index (χ0n) is 15.1. The summed E-state index contributed by atoms with van der Waals surface area (Å²) in [5.41, 5.74) is 2.89. The first-order valence-corrected chi connectivity index (χ1v) is 8.26. The highest BCUT2D eigenvalue weighted by molar-refractivity contribution is 5.97. The van der Waals surface area contributed by atoms with Crippen molar-refractivity contribution in [3.05, 3.63) is 54.1 Å². The molecule has 0 radical (unpaired) electrons. The number of benzene rings is 2. The van der Waals surface area contributed by atoms with Gasteiger partial charge in [0.1, 0.15) is 0 Å². The fraction of sp³-hybridized carbons (Fsp3) is 0.300. The van der Waals surface area contributed by atoms with E-state index >= 15 is 0 Å². The summed E-state index contributed by atoms with van der Waals surface area (Å²) in [6.07, 6.45) is 0. The highest BCUT2D eigenvalue weighted by Crippen LogP contribution is 2.20. The van der Waals surface area contributed by atoms with E-state index in [9.17, 15) is 9.59 Å². The first-order valence-electron chi connectivity index (χ1n) is 8.26. The van der Waals surface area contributed by atoms with Gasteiger partial charge in [-0.05, 0) is 37.3 Å². The molecule has 0 saturated heterocycles. The highest BCUT2D eigenvalue weighted by atomic mass is 16.2. The summed E-state index contributed by atoms with van der Waals surface area (Å²) in [5, 5.41) is 8.75. The summed E-state index contributed by atoms with van der Waals surface area (Å²) in [5.74, 6) is -0.225. The zero-order chi connectivity index (χ0) is 18.4. The van der Waals surface area contributed by atoms with Crippen molar-refractivity contribution < 1.29 is 9.59 Å². The Morgan fingerprint density at radius 3 is 2.08 bits per heavy atom. The fourth-order valence-electron chi connectivity index (χ4n) is 2.05. The van der Waals surface area contributed by atoms with Crippen LogP contribution in [0, 0.1) is 12.3 Å². The van der Waals surface area contributed by atoms with E-state index in [4.69, 9.17) is 0 Å². The molecule has 0 saturated carbocycles. The predicted molar refractivity (Wildman–Crippen MR) is 103 cm³/mol. The standard InChI is InChI=1S/C20H25N3O2/c1-14-8-10-15(11-9-14)21-13-18(24)22-16-6-5-7-17(12-16)23-19(25)20(2,3)4/h5-12,21H,13H2,1-4H3,(H,22,24)(H,23,25). The molecule has 132 valence electrons. The lowest BCUT2D eigenvalue weighted by Crippen LogP contribution is -2.27. The van der Waals surface area contributed by atoms with Crippen molar-refractivity contribution in [1.82, 2.24) is 0 Å². The van der Waals surface area contributed by atoms with Crippen LogP contribution in [0.1, 0.15) is 26.3 Å². The highest BCUT2D eigenvalue weighted by Gasteiger charge is 2.21. The Morgan fingerprint density at radius 1 is 0.880 bits per heavy atom. The molecule has 0 aromatic heterocycles. The largest absolute Gasteiger partial charge is 0.376 e. The molecular weight excluding hydrogens is 314 g/mol. The van der Waals surface area contributed by atoms with Crippen LogP contribution in [0.5, 0.6) is 0 Å². The van der Waals surface area contributed by atoms with Crippen LogP contribution in [0.4, 0.5) is 17.1 Å². The normalized spacial score (nSPS) is 10.9. The molecule has 0 aliphatic heterocycles. The molecule has 0 unspecified atom stereocenters. The lowest BCUT2D eigenvalue weighted by Gasteiger charge is -2.18. The Hall–Kier alpha value is -2.82. The minimum Gasteiger partial charge on any atom is -0.376 e. The molecule has 0 spiro atoms. The number of anilines is 3. The van der Waals surface area contributed by atoms with E-state index in [2.05, 4.69) is 16.0 Å². The van der Waals surface area contributed by atoms with Crippen molar-refractivity contribution in [2.75, 3.05) is 22.5 Å². The van der Waals surface area contributed by atoms with Crippen LogP contribution in [-0.2, 0) is 9.59 Å². The van der Waals surface area contributed by atoms with Crippen molar-refractivity contribution in [1.29, 1.82) is 0 Å². The summed E-state index contributed by atoms with van der Waals surface area (Å²) in [7, 11) is 0. The smallest absolute Gasteiger partial charge is 0.243 e. The van der Waals surface area contributed by atoms with E-state index in [1.807, 2.05) is 52.0 Å². The molecule has 0 aliphatic carbocycles. The Balaban J connectivity index is 1.91. The first-order chi connectivity index (χ1) is 11.7. The van der Waals surface area contributed by atoms with Crippen molar-refractivity contribution in [2.24, 2.45) is 5.41 Å². The Kier molecular flexibility index (Phi) is 5.80. The quantitative estimate of drug-likeness (QED) is 0.770. The van der Waals surface area contributed by atoms with Gasteiger partial charge < -0.3 is 16.0 Å². The lowest BCUT2D eigenvalue weighted by atomic mass is 9.95. The molecule has 5 heteroatoms. The minimum absolute atomic E-state index is 0.0722. The molecule has 0 aliphatic rings. The van der Waals surface area contributed by atoms with Gasteiger partial charge in [0.2, 0.25) is 11.8 Å². The topological polar surface area (TPSA) is 70.2 Å². The van der Waals surface area contributed by atoms with Gasteiger partial charge in [-0.3, -0.25) is 9.59 Å². The van der Waals surface area contributed by atoms with E-state index < -0.39 is 5.41 Å². The van der Waals surface area contributed by atoms with E-state index in [0.29, 0.717) is 11.4 Å². The van der Waals surface area contributed by atoms with Crippen molar-refractivity contribution >= 4 is 28.9 Å². The van der Waals surface area contributed by atoms with Crippen molar-refractivity contribution in [2.45, 2.75) is 27.7 Å². The van der Waals surface area contributed by atoms with E-state index in [-0.39, 0.29) is 18.4 Å². The van der Waals surface area contributed by atoms with E-state index in [1.54, 1.807) is 24.3 Å². The molecule has 0 bridgehead atoms. The summed E-state index contributed by atoms with van der Waals surface area (Å²) >= 11 is 0. The second kappa shape index (κ2) is 7.83. The number of nitrogens with one attached hydrogen (secondary N) is 3. The SMILES string of the molecule is Cc1ccc(NCC(=O)Nc2cccc(NC(=O)C(C)(C)C)c2)cc1. The van der Waals surface area contributed by atoms with Gasteiger partial charge in [0.15, 0.2) is 0 Å². The maximum atomic E-state index is 12.1. The minimum atomic E-state index is -0.475. The molecule has 3 N–H and O–H groups in total. The number of hydrogen-bond donors (Lipinski definition) is 3. The average molecular weight is 339 g/mol. The zero-order valence-corrected chi connectivity index (χ0v) is 15.1. The van der Waals surface area contributed by atoms with Crippen LogP contribution >= 0.6 is 0 Å². The van der Waals surface area contributed by atoms with Gasteiger partial charge in [-0.15, -0.1) is 0 Å². The summed E-state index contributed by atoms with van der Waals surface area (Å²) in [4.78, 5) is 24.1. The Morgan fingerprint density at radius 2 is 1.48 bits per heavy atom. The number of aryl methyl sites for hydroxylation is 1. The maximum Gasteiger partial charge on any atom is 0.243 e. The molecular formula is C20H25N3O2. The Labute approximate surface area is 148 Å². The molecule has 0 fully saturated rings. The summed E-state index contributed by atoms with van der Waals surface area (Å²) < 4.78 is 0. The van der Waals surface area contributed by atoms with Crippen LogP contribution in [0.15, 0.2) is 48.5 Å². The third-order valence-corrected chi connectivity index (χ3v) is 3.59. The molecule has 5 nitrogen and oxygen atoms in total. The second-order valence-corrected chi connectivity index (χ2v) is 7.05. The lowest BCUT2D eigenvalue weighted by molar-refractivity contribution is -0.123.